The maximum absolute atomic E-state index is 5.90. The monoisotopic (exact) mass is 362 g/mol. The Morgan fingerprint density at radius 2 is 1.89 bits per heavy atom. The maximum atomic E-state index is 5.90. The molecular weight excluding hydrogens is 344 g/mol. The summed E-state index contributed by atoms with van der Waals surface area (Å²) in [7, 11) is 1.62. The minimum atomic E-state index is 0.406. The van der Waals surface area contributed by atoms with E-state index in [1.807, 2.05) is 30.3 Å². The minimum Gasteiger partial charge on any atom is -0.496 e. The van der Waals surface area contributed by atoms with Gasteiger partial charge in [0.05, 0.1) is 29.3 Å². The number of methoxy groups -OCH3 is 1. The Morgan fingerprint density at radius 3 is 2.74 bits per heavy atom. The van der Waals surface area contributed by atoms with Crippen molar-refractivity contribution in [3.8, 4) is 28.7 Å². The van der Waals surface area contributed by atoms with Gasteiger partial charge in [0.15, 0.2) is 0 Å². The lowest BCUT2D eigenvalue weighted by molar-refractivity contribution is 0.414. The molecule has 5 rings (SSSR count). The second-order valence-electron chi connectivity index (χ2n) is 6.74. The van der Waals surface area contributed by atoms with Gasteiger partial charge in [0.25, 0.3) is 11.6 Å². The molecule has 1 fully saturated rings. The van der Waals surface area contributed by atoms with Gasteiger partial charge in [0, 0.05) is 12.1 Å². The number of fused-ring (bicyclic) bond motifs is 1. The average molecular weight is 362 g/mol. The molecule has 27 heavy (non-hydrogen) atoms. The van der Waals surface area contributed by atoms with Crippen LogP contribution in [0.25, 0.3) is 34.0 Å². The van der Waals surface area contributed by atoms with E-state index in [-0.39, 0.29) is 0 Å². The van der Waals surface area contributed by atoms with E-state index < -0.39 is 0 Å². The fourth-order valence-electron chi connectivity index (χ4n) is 3.73. The third kappa shape index (κ3) is 2.75. The molecule has 1 aromatic carbocycles. The molecule has 0 amide bonds. The quantitative estimate of drug-likeness (QED) is 0.524. The molecule has 3 heterocycles. The molecule has 7 nitrogen and oxygen atoms in total. The van der Waals surface area contributed by atoms with E-state index in [4.69, 9.17) is 13.7 Å². The summed E-state index contributed by atoms with van der Waals surface area (Å²) in [5.74, 6) is 1.94. The fraction of sp³-hybridized carbons (Fsp3) is 0.300. The summed E-state index contributed by atoms with van der Waals surface area (Å²) in [6.07, 6.45) is 6.43. The lowest BCUT2D eigenvalue weighted by Gasteiger charge is -2.04. The Bertz CT molecular complexity index is 1100. The third-order valence-corrected chi connectivity index (χ3v) is 5.11. The van der Waals surface area contributed by atoms with Crippen LogP contribution in [0.4, 0.5) is 0 Å². The van der Waals surface area contributed by atoms with Crippen LogP contribution in [0.1, 0.15) is 37.3 Å². The van der Waals surface area contributed by atoms with Crippen molar-refractivity contribution in [2.45, 2.75) is 31.6 Å². The standard InChI is InChI=1S/C20H18N4O3/c1-25-16-9-5-4-8-14(16)20-23-22-18(26-20)13-10-15-17(12-6-2-3-7-12)24-27-19(15)21-11-13/h4-5,8-12H,2-3,6-7H2,1H3. The first-order valence-electron chi connectivity index (χ1n) is 9.06. The highest BCUT2D eigenvalue weighted by molar-refractivity contribution is 5.81. The summed E-state index contributed by atoms with van der Waals surface area (Å²) in [5, 5.41) is 13.6. The van der Waals surface area contributed by atoms with Crippen molar-refractivity contribution in [2.24, 2.45) is 0 Å². The predicted octanol–water partition coefficient (Wildman–Crippen LogP) is 4.61. The van der Waals surface area contributed by atoms with Crippen molar-refractivity contribution in [3.05, 3.63) is 42.2 Å². The molecule has 0 atom stereocenters. The number of para-hydroxylation sites is 1. The number of benzene rings is 1. The van der Waals surface area contributed by atoms with E-state index in [1.54, 1.807) is 13.3 Å². The number of pyridine rings is 1. The van der Waals surface area contributed by atoms with Gasteiger partial charge in [-0.3, -0.25) is 0 Å². The molecule has 136 valence electrons. The Kier molecular flexibility index (Phi) is 3.85. The van der Waals surface area contributed by atoms with Crippen LogP contribution in [-0.4, -0.2) is 27.4 Å². The Labute approximate surface area is 155 Å². The summed E-state index contributed by atoms with van der Waals surface area (Å²) in [4.78, 5) is 4.38. The van der Waals surface area contributed by atoms with Gasteiger partial charge < -0.3 is 13.7 Å². The Balaban J connectivity index is 1.54. The van der Waals surface area contributed by atoms with Crippen LogP contribution in [0.15, 0.2) is 45.5 Å². The first kappa shape index (κ1) is 16.0. The first-order chi connectivity index (χ1) is 13.3. The second-order valence-corrected chi connectivity index (χ2v) is 6.74. The van der Waals surface area contributed by atoms with Crippen LogP contribution in [0.5, 0.6) is 5.75 Å². The van der Waals surface area contributed by atoms with E-state index in [2.05, 4.69) is 20.3 Å². The SMILES string of the molecule is COc1ccccc1-c1nnc(-c2cnc3onc(C4CCCC4)c3c2)o1. The van der Waals surface area contributed by atoms with Gasteiger partial charge in [-0.1, -0.05) is 30.1 Å². The van der Waals surface area contributed by atoms with E-state index in [9.17, 15) is 0 Å². The minimum absolute atomic E-state index is 0.406. The molecular formula is C20H18N4O3. The highest BCUT2D eigenvalue weighted by atomic mass is 16.5. The zero-order valence-electron chi connectivity index (χ0n) is 14.9. The molecule has 1 saturated carbocycles. The topological polar surface area (TPSA) is 87.1 Å². The first-order valence-corrected chi connectivity index (χ1v) is 9.06. The zero-order chi connectivity index (χ0) is 18.2. The summed E-state index contributed by atoms with van der Waals surface area (Å²) >= 11 is 0. The highest BCUT2D eigenvalue weighted by Crippen LogP contribution is 2.38. The van der Waals surface area contributed by atoms with Gasteiger partial charge >= 0.3 is 0 Å². The number of aromatic nitrogens is 4. The summed E-state index contributed by atoms with van der Waals surface area (Å²) in [6.45, 7) is 0. The van der Waals surface area contributed by atoms with Gasteiger partial charge in [-0.15, -0.1) is 10.2 Å². The van der Waals surface area contributed by atoms with E-state index >= 15 is 0 Å². The Hall–Kier alpha value is -3.22. The lowest BCUT2D eigenvalue weighted by Crippen LogP contribution is -1.93. The summed E-state index contributed by atoms with van der Waals surface area (Å²) in [5.41, 5.74) is 3.04. The van der Waals surface area contributed by atoms with Crippen molar-refractivity contribution < 1.29 is 13.7 Å². The molecule has 0 spiro atoms. The third-order valence-electron chi connectivity index (χ3n) is 5.11. The number of nitrogens with zero attached hydrogens (tertiary/aromatic N) is 4. The molecule has 7 heteroatoms. The van der Waals surface area contributed by atoms with E-state index in [0.29, 0.717) is 29.2 Å². The van der Waals surface area contributed by atoms with Crippen molar-refractivity contribution in [2.75, 3.05) is 7.11 Å². The molecule has 0 saturated heterocycles. The fourth-order valence-corrected chi connectivity index (χ4v) is 3.73. The molecule has 0 N–H and O–H groups in total. The summed E-state index contributed by atoms with van der Waals surface area (Å²) < 4.78 is 16.7. The molecule has 3 aromatic heterocycles. The normalized spacial score (nSPS) is 14.9. The molecule has 0 aliphatic heterocycles. The number of rotatable bonds is 4. The average Bonchev–Trinajstić information content (AvgIpc) is 3.47. The molecule has 1 aliphatic carbocycles. The van der Waals surface area contributed by atoms with Gasteiger partial charge in [-0.25, -0.2) is 4.98 Å². The lowest BCUT2D eigenvalue weighted by atomic mass is 10.0. The van der Waals surface area contributed by atoms with Crippen LogP contribution in [-0.2, 0) is 0 Å². The molecule has 0 radical (unpaired) electrons. The maximum Gasteiger partial charge on any atom is 0.257 e. The highest BCUT2D eigenvalue weighted by Gasteiger charge is 2.24. The van der Waals surface area contributed by atoms with Gasteiger partial charge in [-0.05, 0) is 31.0 Å². The van der Waals surface area contributed by atoms with Crippen molar-refractivity contribution in [1.82, 2.24) is 20.3 Å². The van der Waals surface area contributed by atoms with Gasteiger partial charge in [-0.2, -0.15) is 0 Å². The molecule has 0 unspecified atom stereocenters. The van der Waals surface area contributed by atoms with Crippen LogP contribution in [0.2, 0.25) is 0 Å². The molecule has 0 bridgehead atoms. The zero-order valence-corrected chi connectivity index (χ0v) is 14.9. The Morgan fingerprint density at radius 1 is 1.07 bits per heavy atom. The van der Waals surface area contributed by atoms with Crippen molar-refractivity contribution in [3.63, 3.8) is 0 Å². The predicted molar refractivity (Wildman–Crippen MR) is 98.3 cm³/mol. The number of ether oxygens (including phenoxy) is 1. The largest absolute Gasteiger partial charge is 0.496 e. The van der Waals surface area contributed by atoms with Gasteiger partial charge in [0.1, 0.15) is 5.75 Å². The van der Waals surface area contributed by atoms with Crippen LogP contribution >= 0.6 is 0 Å². The van der Waals surface area contributed by atoms with Crippen molar-refractivity contribution >= 4 is 11.1 Å². The van der Waals surface area contributed by atoms with Crippen molar-refractivity contribution in [1.29, 1.82) is 0 Å². The number of hydrogen-bond donors (Lipinski definition) is 0. The van der Waals surface area contributed by atoms with E-state index in [1.165, 1.54) is 12.8 Å². The van der Waals surface area contributed by atoms with Crippen LogP contribution in [0.3, 0.4) is 0 Å². The number of hydrogen-bond acceptors (Lipinski definition) is 7. The van der Waals surface area contributed by atoms with Crippen LogP contribution in [0, 0.1) is 0 Å². The van der Waals surface area contributed by atoms with E-state index in [0.717, 1.165) is 35.0 Å². The molecule has 1 aliphatic rings. The smallest absolute Gasteiger partial charge is 0.257 e. The second kappa shape index (κ2) is 6.50. The molecule has 4 aromatic rings. The van der Waals surface area contributed by atoms with Gasteiger partial charge in [0.2, 0.25) is 5.89 Å². The van der Waals surface area contributed by atoms with Crippen LogP contribution < -0.4 is 4.74 Å². The summed E-state index contributed by atoms with van der Waals surface area (Å²) in [6, 6.07) is 9.52.